The van der Waals surface area contributed by atoms with Gasteiger partial charge in [-0.15, -0.1) is 0 Å². The molecule has 9 heteroatoms. The lowest BCUT2D eigenvalue weighted by Gasteiger charge is -2.30. The van der Waals surface area contributed by atoms with Gasteiger partial charge in [0.15, 0.2) is 0 Å². The summed E-state index contributed by atoms with van der Waals surface area (Å²) in [6.07, 6.45) is 0.367. The number of hydrogen-bond donors (Lipinski definition) is 0. The van der Waals surface area contributed by atoms with E-state index in [9.17, 15) is 14.4 Å². The third-order valence-corrected chi connectivity index (χ3v) is 6.78. The molecule has 0 bridgehead atoms. The van der Waals surface area contributed by atoms with E-state index < -0.39 is 17.5 Å². The van der Waals surface area contributed by atoms with Gasteiger partial charge in [0.05, 0.1) is 43.2 Å². The van der Waals surface area contributed by atoms with Gasteiger partial charge in [-0.05, 0) is 62.6 Å². The minimum Gasteiger partial charge on any atom is -0.491 e. The number of likely N-dealkylation sites (tertiary alicyclic amines) is 1. The molecular formula is C30H35N3O6. The number of amides is 2. The van der Waals surface area contributed by atoms with Crippen LogP contribution in [-0.4, -0.2) is 78.7 Å². The van der Waals surface area contributed by atoms with E-state index >= 15 is 0 Å². The Hall–Kier alpha value is -3.90. The van der Waals surface area contributed by atoms with Crippen molar-refractivity contribution < 1.29 is 28.6 Å². The molecule has 2 amide bonds. The minimum atomic E-state index is -0.642. The third-order valence-electron chi connectivity index (χ3n) is 6.78. The molecule has 2 aromatic rings. The van der Waals surface area contributed by atoms with Gasteiger partial charge < -0.3 is 24.0 Å². The van der Waals surface area contributed by atoms with E-state index in [0.717, 1.165) is 11.1 Å². The summed E-state index contributed by atoms with van der Waals surface area (Å²) in [6, 6.07) is 16.7. The summed E-state index contributed by atoms with van der Waals surface area (Å²) in [5, 5.41) is 9.00. The van der Waals surface area contributed by atoms with E-state index in [1.54, 1.807) is 42.7 Å². The molecule has 2 heterocycles. The molecule has 2 saturated heterocycles. The van der Waals surface area contributed by atoms with Crippen LogP contribution < -0.4 is 4.74 Å². The maximum atomic E-state index is 13.3. The van der Waals surface area contributed by atoms with Crippen LogP contribution in [0, 0.1) is 17.2 Å². The van der Waals surface area contributed by atoms with E-state index in [-0.39, 0.29) is 37.4 Å². The van der Waals surface area contributed by atoms with Crippen LogP contribution in [0.25, 0.3) is 11.1 Å². The molecule has 0 radical (unpaired) electrons. The largest absolute Gasteiger partial charge is 0.491 e. The number of ether oxygens (including phenoxy) is 3. The molecule has 4 rings (SSSR count). The molecule has 0 aliphatic carbocycles. The lowest BCUT2D eigenvalue weighted by Crippen LogP contribution is -2.48. The molecule has 2 aliphatic rings. The smallest absolute Gasteiger partial charge is 0.307 e. The van der Waals surface area contributed by atoms with Crippen LogP contribution in [0.2, 0.25) is 0 Å². The second-order valence-electron chi connectivity index (χ2n) is 10.9. The molecule has 206 valence electrons. The predicted octanol–water partition coefficient (Wildman–Crippen LogP) is 3.41. The number of rotatable bonds is 8. The average Bonchev–Trinajstić information content (AvgIpc) is 3.20. The zero-order valence-electron chi connectivity index (χ0n) is 22.7. The molecule has 9 nitrogen and oxygen atoms in total. The van der Waals surface area contributed by atoms with Crippen LogP contribution in [0.4, 0.5) is 0 Å². The van der Waals surface area contributed by atoms with Crippen LogP contribution in [0.15, 0.2) is 48.5 Å². The first-order valence-corrected chi connectivity index (χ1v) is 13.2. The Labute approximate surface area is 229 Å². The first kappa shape index (κ1) is 28.1. The van der Waals surface area contributed by atoms with Crippen molar-refractivity contribution >= 4 is 17.8 Å². The van der Waals surface area contributed by atoms with Gasteiger partial charge >= 0.3 is 5.97 Å². The van der Waals surface area contributed by atoms with Crippen molar-refractivity contribution in [1.82, 2.24) is 9.80 Å². The van der Waals surface area contributed by atoms with Crippen LogP contribution in [0.3, 0.4) is 0 Å². The van der Waals surface area contributed by atoms with E-state index in [4.69, 9.17) is 19.5 Å². The average molecular weight is 534 g/mol. The second-order valence-corrected chi connectivity index (χ2v) is 10.9. The molecule has 2 atom stereocenters. The minimum absolute atomic E-state index is 0.0336. The monoisotopic (exact) mass is 533 g/mol. The number of carbonyl (C=O) groups is 3. The zero-order valence-corrected chi connectivity index (χ0v) is 22.7. The van der Waals surface area contributed by atoms with Gasteiger partial charge in [-0.1, -0.05) is 24.3 Å². The highest BCUT2D eigenvalue weighted by atomic mass is 16.6. The summed E-state index contributed by atoms with van der Waals surface area (Å²) in [5.41, 5.74) is 1.93. The topological polar surface area (TPSA) is 109 Å². The number of nitriles is 1. The van der Waals surface area contributed by atoms with Gasteiger partial charge in [-0.25, -0.2) is 0 Å². The molecular weight excluding hydrogens is 498 g/mol. The fourth-order valence-corrected chi connectivity index (χ4v) is 4.82. The summed E-state index contributed by atoms with van der Waals surface area (Å²) in [6.45, 7) is 7.45. The highest BCUT2D eigenvalue weighted by molar-refractivity contribution is 5.90. The SMILES string of the molecule is CC(C)(C)OC(=O)C[C@@H]1C[C@@H](COc2ccc(-c3ccc(C#N)cc3)cc2)N(CC(=O)N2CCOCC2)C1=O. The number of esters is 1. The fraction of sp³-hybridized carbons (Fsp3) is 0.467. The Morgan fingerprint density at radius 1 is 1.03 bits per heavy atom. The van der Waals surface area contributed by atoms with Crippen LogP contribution in [0.5, 0.6) is 5.75 Å². The Morgan fingerprint density at radius 3 is 2.23 bits per heavy atom. The number of benzene rings is 2. The molecule has 0 saturated carbocycles. The van der Waals surface area contributed by atoms with Gasteiger partial charge in [0.2, 0.25) is 11.8 Å². The van der Waals surface area contributed by atoms with Crippen molar-refractivity contribution in [3.63, 3.8) is 0 Å². The molecule has 2 aliphatic heterocycles. The van der Waals surface area contributed by atoms with Crippen LogP contribution in [-0.2, 0) is 23.9 Å². The van der Waals surface area contributed by atoms with Crippen molar-refractivity contribution in [1.29, 1.82) is 5.26 Å². The maximum absolute atomic E-state index is 13.3. The molecule has 2 fully saturated rings. The van der Waals surface area contributed by atoms with Gasteiger partial charge in [0.25, 0.3) is 0 Å². The molecule has 0 unspecified atom stereocenters. The summed E-state index contributed by atoms with van der Waals surface area (Å²) in [7, 11) is 0. The number of hydrogen-bond acceptors (Lipinski definition) is 7. The molecule has 39 heavy (non-hydrogen) atoms. The Balaban J connectivity index is 1.42. The standard InChI is InChI=1S/C30H35N3O6/c1-30(2,3)39-28(35)17-24-16-25(33(29(24)36)19-27(34)32-12-14-37-15-13-32)20-38-26-10-8-23(9-11-26)22-6-4-21(18-31)5-7-22/h4-11,24-25H,12-17,19-20H2,1-3H3/t24-,25-/m0/s1. The van der Waals surface area contributed by atoms with Crippen molar-refractivity contribution in [2.24, 2.45) is 5.92 Å². The quantitative estimate of drug-likeness (QED) is 0.479. The Kier molecular flexibility index (Phi) is 8.87. The zero-order chi connectivity index (χ0) is 28.0. The van der Waals surface area contributed by atoms with E-state index in [2.05, 4.69) is 6.07 Å². The number of carbonyl (C=O) groups excluding carboxylic acids is 3. The number of morpholine rings is 1. The van der Waals surface area contributed by atoms with E-state index in [0.29, 0.717) is 44.0 Å². The van der Waals surface area contributed by atoms with E-state index in [1.165, 1.54) is 0 Å². The highest BCUT2D eigenvalue weighted by Gasteiger charge is 2.42. The summed E-state index contributed by atoms with van der Waals surface area (Å²) >= 11 is 0. The lowest BCUT2D eigenvalue weighted by atomic mass is 10.0. The molecule has 0 aromatic heterocycles. The van der Waals surface area contributed by atoms with Gasteiger partial charge in [0.1, 0.15) is 24.5 Å². The molecule has 2 aromatic carbocycles. The first-order chi connectivity index (χ1) is 18.6. The third kappa shape index (κ3) is 7.58. The Bertz CT molecular complexity index is 1210. The molecule has 0 spiro atoms. The summed E-state index contributed by atoms with van der Waals surface area (Å²) in [5.74, 6) is -0.728. The van der Waals surface area contributed by atoms with Gasteiger partial charge in [-0.3, -0.25) is 14.4 Å². The van der Waals surface area contributed by atoms with Crippen molar-refractivity contribution in [2.75, 3.05) is 39.5 Å². The fourth-order valence-electron chi connectivity index (χ4n) is 4.82. The summed E-state index contributed by atoms with van der Waals surface area (Å²) < 4.78 is 16.8. The van der Waals surface area contributed by atoms with Gasteiger partial charge in [0, 0.05) is 13.1 Å². The van der Waals surface area contributed by atoms with Crippen molar-refractivity contribution in [3.8, 4) is 22.9 Å². The van der Waals surface area contributed by atoms with Crippen molar-refractivity contribution in [3.05, 3.63) is 54.1 Å². The molecule has 0 N–H and O–H groups in total. The lowest BCUT2D eigenvalue weighted by molar-refractivity contribution is -0.157. The van der Waals surface area contributed by atoms with Crippen LogP contribution >= 0.6 is 0 Å². The second kappa shape index (κ2) is 12.3. The summed E-state index contributed by atoms with van der Waals surface area (Å²) in [4.78, 5) is 42.1. The first-order valence-electron chi connectivity index (χ1n) is 13.2. The predicted molar refractivity (Wildman–Crippen MR) is 144 cm³/mol. The van der Waals surface area contributed by atoms with Crippen LogP contribution in [0.1, 0.15) is 39.2 Å². The highest BCUT2D eigenvalue weighted by Crippen LogP contribution is 2.30. The van der Waals surface area contributed by atoms with Gasteiger partial charge in [-0.2, -0.15) is 5.26 Å². The maximum Gasteiger partial charge on any atom is 0.307 e. The van der Waals surface area contributed by atoms with Crippen molar-refractivity contribution in [2.45, 2.75) is 45.3 Å². The normalized spacial score (nSPS) is 19.5. The number of nitrogens with zero attached hydrogens (tertiary/aromatic N) is 3. The van der Waals surface area contributed by atoms with E-state index in [1.807, 2.05) is 36.4 Å². The Morgan fingerprint density at radius 2 is 1.64 bits per heavy atom.